The molecule has 0 saturated heterocycles. The van der Waals surface area contributed by atoms with Crippen molar-refractivity contribution < 1.29 is 13.2 Å². The minimum atomic E-state index is -3.57. The minimum Gasteiger partial charge on any atom is -0.326 e. The molecule has 1 N–H and O–H groups in total. The molecule has 0 atom stereocenters. The number of nitrogens with one attached hydrogen (secondary N) is 1. The Balaban J connectivity index is 1.56. The highest BCUT2D eigenvalue weighted by molar-refractivity contribution is 7.89. The molecule has 0 fully saturated rings. The van der Waals surface area contributed by atoms with Crippen molar-refractivity contribution in [2.75, 3.05) is 18.4 Å². The summed E-state index contributed by atoms with van der Waals surface area (Å²) in [7, 11) is -3.57. The monoisotopic (exact) mass is 521 g/mol. The second-order valence-corrected chi connectivity index (χ2v) is 10.7. The lowest BCUT2D eigenvalue weighted by Gasteiger charge is -2.18. The maximum atomic E-state index is 13.0. The van der Waals surface area contributed by atoms with E-state index in [0.29, 0.717) is 24.4 Å². The fraction of sp³-hybridized carbons (Fsp3) is 0.296. The first-order chi connectivity index (χ1) is 17.7. The Morgan fingerprint density at radius 3 is 2.27 bits per heavy atom. The largest absolute Gasteiger partial charge is 0.326 e. The van der Waals surface area contributed by atoms with E-state index in [1.807, 2.05) is 44.2 Å². The summed E-state index contributed by atoms with van der Waals surface area (Å²) in [6.07, 6.45) is 0.0522. The Hall–Kier alpha value is -3.76. The molecule has 0 aliphatic carbocycles. The number of amides is 1. The molecule has 2 aromatic heterocycles. The number of aromatic nitrogens is 3. The Kier molecular flexibility index (Phi) is 7.60. The van der Waals surface area contributed by atoms with Gasteiger partial charge in [-0.05, 0) is 55.8 Å². The van der Waals surface area contributed by atoms with Crippen molar-refractivity contribution >= 4 is 32.7 Å². The van der Waals surface area contributed by atoms with Crippen LogP contribution in [-0.2, 0) is 21.4 Å². The van der Waals surface area contributed by atoms with Gasteiger partial charge in [0.2, 0.25) is 15.9 Å². The highest BCUT2D eigenvalue weighted by atomic mass is 32.2. The zero-order valence-corrected chi connectivity index (χ0v) is 22.2. The van der Waals surface area contributed by atoms with Gasteiger partial charge in [-0.15, -0.1) is 0 Å². The molecule has 1 amide bonds. The number of pyridine rings is 1. The van der Waals surface area contributed by atoms with Crippen LogP contribution in [0.15, 0.2) is 70.4 Å². The van der Waals surface area contributed by atoms with Crippen LogP contribution in [0.2, 0.25) is 0 Å². The van der Waals surface area contributed by atoms with E-state index in [4.69, 9.17) is 0 Å². The first kappa shape index (κ1) is 26.3. The lowest BCUT2D eigenvalue weighted by molar-refractivity contribution is -0.116. The van der Waals surface area contributed by atoms with Crippen LogP contribution in [0.5, 0.6) is 0 Å². The van der Waals surface area contributed by atoms with E-state index >= 15 is 0 Å². The maximum Gasteiger partial charge on any atom is 0.252 e. The first-order valence-corrected chi connectivity index (χ1v) is 13.7. The van der Waals surface area contributed by atoms with Crippen LogP contribution >= 0.6 is 0 Å². The molecular weight excluding hydrogens is 490 g/mol. The molecule has 0 aliphatic heterocycles. The molecule has 194 valence electrons. The van der Waals surface area contributed by atoms with Crippen molar-refractivity contribution in [1.82, 2.24) is 18.7 Å². The number of aryl methyl sites for hydroxylation is 3. The van der Waals surface area contributed by atoms with E-state index in [1.165, 1.54) is 16.4 Å². The van der Waals surface area contributed by atoms with Crippen molar-refractivity contribution in [3.05, 3.63) is 82.3 Å². The molecule has 0 unspecified atom stereocenters. The van der Waals surface area contributed by atoms with E-state index in [1.54, 1.807) is 41.3 Å². The molecule has 0 spiro atoms. The fourth-order valence-corrected chi connectivity index (χ4v) is 5.95. The Morgan fingerprint density at radius 2 is 1.65 bits per heavy atom. The summed E-state index contributed by atoms with van der Waals surface area (Å²) in [4.78, 5) is 25.9. The maximum absolute atomic E-state index is 13.0. The van der Waals surface area contributed by atoms with Gasteiger partial charge < -0.3 is 5.32 Å². The van der Waals surface area contributed by atoms with Crippen molar-refractivity contribution in [2.45, 2.75) is 45.6 Å². The number of benzene rings is 2. The van der Waals surface area contributed by atoms with Gasteiger partial charge in [-0.25, -0.2) is 13.1 Å². The zero-order valence-electron chi connectivity index (χ0n) is 21.4. The standard InChI is InChI=1S/C27H31N5O4S/c1-5-30(6-2)37(35,36)23-14-12-21(13-15-23)28-24(33)16-17-31-25(34)18-19(3)26-20(4)29-32(27(26)31)22-10-8-7-9-11-22/h7-15,18H,5-6,16-17H2,1-4H3,(H,28,33). The zero-order chi connectivity index (χ0) is 26.7. The summed E-state index contributed by atoms with van der Waals surface area (Å²) < 4.78 is 30.1. The molecule has 0 radical (unpaired) electrons. The summed E-state index contributed by atoms with van der Waals surface area (Å²) in [6, 6.07) is 17.2. The lowest BCUT2D eigenvalue weighted by Crippen LogP contribution is -2.30. The van der Waals surface area contributed by atoms with Gasteiger partial charge >= 0.3 is 0 Å². The fourth-order valence-electron chi connectivity index (χ4n) is 4.49. The third-order valence-corrected chi connectivity index (χ3v) is 8.40. The second kappa shape index (κ2) is 10.7. The summed E-state index contributed by atoms with van der Waals surface area (Å²) in [5.41, 5.74) is 3.38. The van der Waals surface area contributed by atoms with E-state index in [2.05, 4.69) is 10.4 Å². The lowest BCUT2D eigenvalue weighted by atomic mass is 10.1. The molecule has 0 bridgehead atoms. The molecule has 0 aliphatic rings. The number of sulfonamides is 1. The van der Waals surface area contributed by atoms with Crippen LogP contribution in [0.1, 0.15) is 31.5 Å². The number of para-hydroxylation sites is 1. The van der Waals surface area contributed by atoms with Gasteiger partial charge in [-0.2, -0.15) is 9.40 Å². The molecule has 9 nitrogen and oxygen atoms in total. The van der Waals surface area contributed by atoms with Crippen molar-refractivity contribution in [3.63, 3.8) is 0 Å². The summed E-state index contributed by atoms with van der Waals surface area (Å²) in [6.45, 7) is 8.29. The number of hydrogen-bond acceptors (Lipinski definition) is 5. The highest BCUT2D eigenvalue weighted by Crippen LogP contribution is 2.24. The van der Waals surface area contributed by atoms with Crippen LogP contribution in [0.4, 0.5) is 5.69 Å². The van der Waals surface area contributed by atoms with Crippen LogP contribution in [0, 0.1) is 13.8 Å². The molecule has 2 heterocycles. The summed E-state index contributed by atoms with van der Waals surface area (Å²) in [5.74, 6) is -0.289. The number of nitrogens with zero attached hydrogens (tertiary/aromatic N) is 4. The van der Waals surface area contributed by atoms with E-state index < -0.39 is 10.0 Å². The topological polar surface area (TPSA) is 106 Å². The van der Waals surface area contributed by atoms with Crippen LogP contribution < -0.4 is 10.9 Å². The molecular formula is C27H31N5O4S. The smallest absolute Gasteiger partial charge is 0.252 e. The van der Waals surface area contributed by atoms with Gasteiger partial charge in [-0.1, -0.05) is 32.0 Å². The van der Waals surface area contributed by atoms with Crippen molar-refractivity contribution in [2.24, 2.45) is 0 Å². The molecule has 37 heavy (non-hydrogen) atoms. The van der Waals surface area contributed by atoms with Crippen molar-refractivity contribution in [1.29, 1.82) is 0 Å². The highest BCUT2D eigenvalue weighted by Gasteiger charge is 2.21. The Morgan fingerprint density at radius 1 is 1.00 bits per heavy atom. The first-order valence-electron chi connectivity index (χ1n) is 12.2. The predicted molar refractivity (Wildman–Crippen MR) is 145 cm³/mol. The molecule has 10 heteroatoms. The van der Waals surface area contributed by atoms with Gasteiger partial charge in [-0.3, -0.25) is 14.2 Å². The minimum absolute atomic E-state index is 0.0522. The second-order valence-electron chi connectivity index (χ2n) is 8.76. The van der Waals surface area contributed by atoms with Gasteiger partial charge in [0.15, 0.2) is 0 Å². The average molecular weight is 522 g/mol. The van der Waals surface area contributed by atoms with E-state index in [0.717, 1.165) is 22.3 Å². The quantitative estimate of drug-likeness (QED) is 0.360. The third kappa shape index (κ3) is 5.21. The van der Waals surface area contributed by atoms with Crippen LogP contribution in [-0.4, -0.2) is 46.1 Å². The van der Waals surface area contributed by atoms with Gasteiger partial charge in [0, 0.05) is 43.2 Å². The molecule has 0 saturated carbocycles. The van der Waals surface area contributed by atoms with E-state index in [9.17, 15) is 18.0 Å². The number of anilines is 1. The Bertz CT molecular complexity index is 1590. The average Bonchev–Trinajstić information content (AvgIpc) is 3.22. The van der Waals surface area contributed by atoms with Crippen LogP contribution in [0.3, 0.4) is 0 Å². The molecule has 4 rings (SSSR count). The van der Waals surface area contributed by atoms with Gasteiger partial charge in [0.25, 0.3) is 5.56 Å². The SMILES string of the molecule is CCN(CC)S(=O)(=O)c1ccc(NC(=O)CCn2c(=O)cc(C)c3c(C)nn(-c4ccccc4)c32)cc1. The third-order valence-electron chi connectivity index (χ3n) is 6.34. The number of hydrogen-bond donors (Lipinski definition) is 1. The van der Waals surface area contributed by atoms with Gasteiger partial charge in [0.1, 0.15) is 5.65 Å². The van der Waals surface area contributed by atoms with Gasteiger partial charge in [0.05, 0.1) is 16.3 Å². The number of rotatable bonds is 9. The number of carbonyl (C=O) groups excluding carboxylic acids is 1. The predicted octanol–water partition coefficient (Wildman–Crippen LogP) is 3.86. The molecule has 4 aromatic rings. The Labute approximate surface area is 216 Å². The summed E-state index contributed by atoms with van der Waals surface area (Å²) in [5, 5.41) is 8.35. The normalized spacial score (nSPS) is 11.8. The molecule has 2 aromatic carbocycles. The number of fused-ring (bicyclic) bond motifs is 1. The summed E-state index contributed by atoms with van der Waals surface area (Å²) >= 11 is 0. The number of carbonyl (C=O) groups is 1. The van der Waals surface area contributed by atoms with Crippen molar-refractivity contribution in [3.8, 4) is 5.69 Å². The van der Waals surface area contributed by atoms with Crippen LogP contribution in [0.25, 0.3) is 16.7 Å². The van der Waals surface area contributed by atoms with E-state index in [-0.39, 0.29) is 29.3 Å².